The van der Waals surface area contributed by atoms with Crippen LogP contribution < -0.4 is 4.74 Å². The molecule has 2 saturated heterocycles. The van der Waals surface area contributed by atoms with Crippen LogP contribution in [-0.4, -0.2) is 66.8 Å². The van der Waals surface area contributed by atoms with Gasteiger partial charge in [-0.1, -0.05) is 0 Å². The fourth-order valence-corrected chi connectivity index (χ4v) is 4.54. The van der Waals surface area contributed by atoms with Crippen molar-refractivity contribution in [2.24, 2.45) is 5.92 Å². The van der Waals surface area contributed by atoms with Crippen molar-refractivity contribution in [3.63, 3.8) is 0 Å². The molecule has 0 N–H and O–H groups in total. The molecular weight excluding hydrogens is 330 g/mol. The standard InChI is InChI=1S/C20H33N3O3/c1-16-14-23(21-20(16)26-15-17-6-10-24-11-7-17)19-4-2-18(3-5-19)22-8-12-25-13-9-22/h14,17-19H,2-13,15H2,1H3/t18-,19-. The quantitative estimate of drug-likeness (QED) is 0.805. The number of hydrogen-bond acceptors (Lipinski definition) is 5. The van der Waals surface area contributed by atoms with Gasteiger partial charge in [-0.25, -0.2) is 0 Å². The molecule has 1 saturated carbocycles. The Kier molecular flexibility index (Phi) is 6.12. The minimum Gasteiger partial charge on any atom is -0.476 e. The van der Waals surface area contributed by atoms with E-state index in [1.165, 1.54) is 25.7 Å². The number of morpholine rings is 1. The van der Waals surface area contributed by atoms with Gasteiger partial charge < -0.3 is 14.2 Å². The molecule has 4 rings (SSSR count). The van der Waals surface area contributed by atoms with Crippen LogP contribution in [0, 0.1) is 12.8 Å². The molecule has 0 atom stereocenters. The highest BCUT2D eigenvalue weighted by Crippen LogP contribution is 2.32. The van der Waals surface area contributed by atoms with Gasteiger partial charge in [0.2, 0.25) is 5.88 Å². The molecule has 0 bridgehead atoms. The second-order valence-electron chi connectivity index (χ2n) is 8.07. The molecule has 2 aliphatic heterocycles. The number of aromatic nitrogens is 2. The largest absolute Gasteiger partial charge is 0.476 e. The van der Waals surface area contributed by atoms with Gasteiger partial charge in [0.15, 0.2) is 0 Å². The van der Waals surface area contributed by atoms with Crippen LogP contribution in [0.25, 0.3) is 0 Å². The lowest BCUT2D eigenvalue weighted by Crippen LogP contribution is -2.45. The summed E-state index contributed by atoms with van der Waals surface area (Å²) in [5, 5.41) is 4.79. The van der Waals surface area contributed by atoms with E-state index in [-0.39, 0.29) is 0 Å². The van der Waals surface area contributed by atoms with Gasteiger partial charge in [0.25, 0.3) is 0 Å². The second kappa shape index (κ2) is 8.72. The van der Waals surface area contributed by atoms with Crippen LogP contribution in [0.1, 0.15) is 50.1 Å². The van der Waals surface area contributed by atoms with Crippen LogP contribution in [0.15, 0.2) is 6.20 Å². The van der Waals surface area contributed by atoms with Gasteiger partial charge in [-0.15, -0.1) is 5.10 Å². The fraction of sp³-hybridized carbons (Fsp3) is 0.850. The van der Waals surface area contributed by atoms with E-state index in [2.05, 4.69) is 22.7 Å². The second-order valence-corrected chi connectivity index (χ2v) is 8.07. The molecule has 3 aliphatic rings. The average molecular weight is 364 g/mol. The van der Waals surface area contributed by atoms with Crippen molar-refractivity contribution < 1.29 is 14.2 Å². The first kappa shape index (κ1) is 18.3. The van der Waals surface area contributed by atoms with E-state index < -0.39 is 0 Å². The predicted molar refractivity (Wildman–Crippen MR) is 99.7 cm³/mol. The zero-order valence-corrected chi connectivity index (χ0v) is 16.1. The molecule has 1 aromatic heterocycles. The first-order valence-electron chi connectivity index (χ1n) is 10.4. The molecule has 3 fully saturated rings. The minimum atomic E-state index is 0.520. The molecule has 146 valence electrons. The molecule has 26 heavy (non-hydrogen) atoms. The van der Waals surface area contributed by atoms with Crippen molar-refractivity contribution in [2.45, 2.75) is 57.5 Å². The first-order chi connectivity index (χ1) is 12.8. The van der Waals surface area contributed by atoms with Gasteiger partial charge in [0.05, 0.1) is 25.9 Å². The molecule has 1 aromatic rings. The Labute approximate surface area is 156 Å². The third kappa shape index (κ3) is 4.41. The topological polar surface area (TPSA) is 48.8 Å². The Morgan fingerprint density at radius 2 is 1.62 bits per heavy atom. The molecule has 0 aromatic carbocycles. The third-order valence-corrected chi connectivity index (χ3v) is 6.27. The van der Waals surface area contributed by atoms with E-state index in [1.807, 2.05) is 0 Å². The zero-order chi connectivity index (χ0) is 17.8. The van der Waals surface area contributed by atoms with E-state index in [1.54, 1.807) is 0 Å². The minimum absolute atomic E-state index is 0.520. The van der Waals surface area contributed by atoms with Crippen molar-refractivity contribution in [1.29, 1.82) is 0 Å². The maximum absolute atomic E-state index is 6.05. The molecule has 6 nitrogen and oxygen atoms in total. The maximum Gasteiger partial charge on any atom is 0.235 e. The Balaban J connectivity index is 1.28. The van der Waals surface area contributed by atoms with Gasteiger partial charge in [-0.3, -0.25) is 9.58 Å². The van der Waals surface area contributed by atoms with E-state index in [0.717, 1.165) is 76.5 Å². The number of nitrogens with zero attached hydrogens (tertiary/aromatic N) is 3. The lowest BCUT2D eigenvalue weighted by atomic mass is 9.90. The number of aryl methyl sites for hydroxylation is 1. The van der Waals surface area contributed by atoms with E-state index in [9.17, 15) is 0 Å². The fourth-order valence-electron chi connectivity index (χ4n) is 4.54. The van der Waals surface area contributed by atoms with Crippen LogP contribution in [0.3, 0.4) is 0 Å². The molecule has 0 radical (unpaired) electrons. The smallest absolute Gasteiger partial charge is 0.235 e. The highest BCUT2D eigenvalue weighted by atomic mass is 16.5. The summed E-state index contributed by atoms with van der Waals surface area (Å²) in [4.78, 5) is 2.62. The summed E-state index contributed by atoms with van der Waals surface area (Å²) in [6, 6.07) is 1.25. The molecule has 3 heterocycles. The van der Waals surface area contributed by atoms with Gasteiger partial charge in [0, 0.05) is 44.1 Å². The molecule has 0 spiro atoms. The molecule has 0 unspecified atom stereocenters. The Bertz CT molecular complexity index is 557. The van der Waals surface area contributed by atoms with Gasteiger partial charge >= 0.3 is 0 Å². The van der Waals surface area contributed by atoms with Crippen LogP contribution in [0.4, 0.5) is 0 Å². The van der Waals surface area contributed by atoms with Crippen molar-refractivity contribution in [2.75, 3.05) is 46.1 Å². The normalized spacial score (nSPS) is 29.0. The van der Waals surface area contributed by atoms with Crippen LogP contribution >= 0.6 is 0 Å². The van der Waals surface area contributed by atoms with E-state index in [0.29, 0.717) is 12.0 Å². The Hall–Kier alpha value is -1.11. The lowest BCUT2D eigenvalue weighted by molar-refractivity contribution is 0.00500. The summed E-state index contributed by atoms with van der Waals surface area (Å²) >= 11 is 0. The van der Waals surface area contributed by atoms with Crippen LogP contribution in [-0.2, 0) is 9.47 Å². The summed E-state index contributed by atoms with van der Waals surface area (Å²) in [5.41, 5.74) is 1.16. The summed E-state index contributed by atoms with van der Waals surface area (Å²) < 4.78 is 19.1. The van der Waals surface area contributed by atoms with Gasteiger partial charge in [-0.05, 0) is 51.4 Å². The summed E-state index contributed by atoms with van der Waals surface area (Å²) in [6.45, 7) is 8.60. The van der Waals surface area contributed by atoms with Crippen molar-refractivity contribution in [1.82, 2.24) is 14.7 Å². The predicted octanol–water partition coefficient (Wildman–Crippen LogP) is 2.81. The highest BCUT2D eigenvalue weighted by molar-refractivity contribution is 5.21. The van der Waals surface area contributed by atoms with Gasteiger partial charge in [-0.2, -0.15) is 0 Å². The van der Waals surface area contributed by atoms with Crippen molar-refractivity contribution >= 4 is 0 Å². The number of ether oxygens (including phenoxy) is 3. The first-order valence-corrected chi connectivity index (χ1v) is 10.4. The van der Waals surface area contributed by atoms with Gasteiger partial charge in [0.1, 0.15) is 0 Å². The third-order valence-electron chi connectivity index (χ3n) is 6.27. The number of rotatable bonds is 5. The zero-order valence-electron chi connectivity index (χ0n) is 16.1. The maximum atomic E-state index is 6.05. The number of hydrogen-bond donors (Lipinski definition) is 0. The Morgan fingerprint density at radius 1 is 0.962 bits per heavy atom. The monoisotopic (exact) mass is 363 g/mol. The lowest BCUT2D eigenvalue weighted by Gasteiger charge is -2.38. The van der Waals surface area contributed by atoms with Crippen molar-refractivity contribution in [3.05, 3.63) is 11.8 Å². The molecule has 0 amide bonds. The van der Waals surface area contributed by atoms with Crippen molar-refractivity contribution in [3.8, 4) is 5.88 Å². The van der Waals surface area contributed by atoms with Crippen LogP contribution in [0.5, 0.6) is 5.88 Å². The average Bonchev–Trinajstić information content (AvgIpc) is 3.09. The Morgan fingerprint density at radius 3 is 2.35 bits per heavy atom. The molecular formula is C20H33N3O3. The van der Waals surface area contributed by atoms with E-state index >= 15 is 0 Å². The summed E-state index contributed by atoms with van der Waals surface area (Å²) in [5.74, 6) is 1.43. The summed E-state index contributed by atoms with van der Waals surface area (Å²) in [7, 11) is 0. The molecule has 1 aliphatic carbocycles. The summed E-state index contributed by atoms with van der Waals surface area (Å²) in [6.07, 6.45) is 9.34. The molecule has 6 heteroatoms. The van der Waals surface area contributed by atoms with Crippen LogP contribution in [0.2, 0.25) is 0 Å². The van der Waals surface area contributed by atoms with E-state index in [4.69, 9.17) is 19.3 Å². The SMILES string of the molecule is Cc1cn([C@H]2CC[C@H](N3CCOCC3)CC2)nc1OCC1CCOCC1. The highest BCUT2D eigenvalue weighted by Gasteiger charge is 2.28.